The molecule has 1 amide bonds. The summed E-state index contributed by atoms with van der Waals surface area (Å²) in [6.45, 7) is 9.98. The maximum atomic E-state index is 13.1. The lowest BCUT2D eigenvalue weighted by Crippen LogP contribution is -2.50. The van der Waals surface area contributed by atoms with Crippen LogP contribution in [0.25, 0.3) is 0 Å². The second kappa shape index (κ2) is 9.48. The average Bonchev–Trinajstić information content (AvgIpc) is 3.15. The topological polar surface area (TPSA) is 107 Å². The summed E-state index contributed by atoms with van der Waals surface area (Å²) in [7, 11) is -3.60. The third kappa shape index (κ3) is 5.26. The first-order valence-corrected chi connectivity index (χ1v) is 14.4. The number of ether oxygens (including phenoxy) is 1. The van der Waals surface area contributed by atoms with Gasteiger partial charge < -0.3 is 10.5 Å². The van der Waals surface area contributed by atoms with E-state index >= 15 is 0 Å². The van der Waals surface area contributed by atoms with Crippen LogP contribution in [0.1, 0.15) is 105 Å². The predicted octanol–water partition coefficient (Wildman–Crippen LogP) is 4.14. The highest BCUT2D eigenvalue weighted by Gasteiger charge is 2.72. The summed E-state index contributed by atoms with van der Waals surface area (Å²) in [6, 6.07) is -0.968. The number of fused-ring (bicyclic) bond motifs is 1. The van der Waals surface area contributed by atoms with Gasteiger partial charge in [0.15, 0.2) is 0 Å². The van der Waals surface area contributed by atoms with Crippen LogP contribution < -0.4 is 5.73 Å². The van der Waals surface area contributed by atoms with E-state index in [4.69, 9.17) is 10.5 Å². The number of esters is 1. The largest absolute Gasteiger partial charge is 0.460 e. The van der Waals surface area contributed by atoms with Gasteiger partial charge >= 0.3 is 5.97 Å². The van der Waals surface area contributed by atoms with Gasteiger partial charge in [0.1, 0.15) is 5.60 Å². The number of amides is 1. The minimum Gasteiger partial charge on any atom is -0.460 e. The zero-order valence-electron chi connectivity index (χ0n) is 21.2. The Balaban J connectivity index is 1.38. The van der Waals surface area contributed by atoms with Crippen LogP contribution in [0.2, 0.25) is 0 Å². The van der Waals surface area contributed by atoms with Gasteiger partial charge in [-0.3, -0.25) is 9.59 Å². The minimum atomic E-state index is -3.60. The van der Waals surface area contributed by atoms with Crippen LogP contribution in [0.5, 0.6) is 0 Å². The molecule has 7 nitrogen and oxygen atoms in total. The van der Waals surface area contributed by atoms with E-state index in [1.807, 2.05) is 20.8 Å². The fraction of sp³-hybridized carbons (Fsp3) is 0.920. The first kappa shape index (κ1) is 26.5. The molecular weight excluding hydrogens is 440 g/mol. The number of carbonyl (C=O) groups is 2. The molecule has 0 radical (unpaired) electrons. The number of rotatable bonds is 10. The molecule has 2 bridgehead atoms. The van der Waals surface area contributed by atoms with E-state index in [0.717, 1.165) is 57.8 Å². The monoisotopic (exact) mass is 484 g/mol. The van der Waals surface area contributed by atoms with Crippen LogP contribution in [0.15, 0.2) is 0 Å². The molecule has 0 aromatic heterocycles. The molecule has 4 atom stereocenters. The van der Waals surface area contributed by atoms with Gasteiger partial charge in [-0.25, -0.2) is 12.7 Å². The molecule has 33 heavy (non-hydrogen) atoms. The van der Waals surface area contributed by atoms with Gasteiger partial charge in [0.2, 0.25) is 10.0 Å². The van der Waals surface area contributed by atoms with Crippen molar-refractivity contribution in [2.45, 2.75) is 123 Å². The van der Waals surface area contributed by atoms with Crippen LogP contribution in [-0.4, -0.2) is 48.0 Å². The third-order valence-electron chi connectivity index (χ3n) is 8.51. The SMILES string of the molecule is CC(C)(C)OC(=O)CCCCCCCC[C@H](N)C(=O)N1[C@@H]2C[C@H]3CC[C@]2(CS1(=O)=O)C3(C)C. The second-order valence-electron chi connectivity index (χ2n) is 12.1. The first-order valence-electron chi connectivity index (χ1n) is 12.7. The highest BCUT2D eigenvalue weighted by atomic mass is 32.2. The van der Waals surface area contributed by atoms with Gasteiger partial charge in [0, 0.05) is 11.8 Å². The molecule has 0 unspecified atom stereocenters. The van der Waals surface area contributed by atoms with Crippen molar-refractivity contribution in [3.8, 4) is 0 Å². The number of carbonyl (C=O) groups excluding carboxylic acids is 2. The zero-order chi connectivity index (χ0) is 24.7. The molecule has 3 fully saturated rings. The molecule has 1 heterocycles. The molecule has 2 aliphatic carbocycles. The lowest BCUT2D eigenvalue weighted by atomic mass is 9.69. The second-order valence-corrected chi connectivity index (χ2v) is 14.0. The van der Waals surface area contributed by atoms with Gasteiger partial charge in [-0.1, -0.05) is 46.0 Å². The standard InChI is InChI=1S/C25H44N2O5S/c1-23(2,3)32-21(28)13-11-9-7-6-8-10-12-19(26)22(29)27-20-16-18-14-15-25(20,24(18,4)5)17-33(27,30)31/h18-20H,6-17,26H2,1-5H3/t18-,19+,20-,25-/m1/s1. The fourth-order valence-electron chi connectivity index (χ4n) is 6.60. The van der Waals surface area contributed by atoms with E-state index in [9.17, 15) is 18.0 Å². The lowest BCUT2D eigenvalue weighted by Gasteiger charge is -2.37. The predicted molar refractivity (Wildman–Crippen MR) is 129 cm³/mol. The Kier molecular flexibility index (Phi) is 7.60. The molecule has 2 saturated carbocycles. The van der Waals surface area contributed by atoms with E-state index in [1.54, 1.807) is 0 Å². The summed E-state index contributed by atoms with van der Waals surface area (Å²) in [4.78, 5) is 24.9. The van der Waals surface area contributed by atoms with Gasteiger partial charge in [0.05, 0.1) is 17.8 Å². The maximum Gasteiger partial charge on any atom is 0.306 e. The first-order chi connectivity index (χ1) is 15.2. The molecule has 1 aliphatic heterocycles. The summed E-state index contributed by atoms with van der Waals surface area (Å²) in [6.07, 6.45) is 9.26. The Hall–Kier alpha value is -1.15. The molecule has 1 saturated heterocycles. The molecule has 190 valence electrons. The van der Waals surface area contributed by atoms with E-state index in [1.165, 1.54) is 4.31 Å². The third-order valence-corrected chi connectivity index (χ3v) is 10.4. The molecule has 0 aromatic carbocycles. The molecule has 0 aromatic rings. The minimum absolute atomic E-state index is 0.0483. The number of hydrogen-bond acceptors (Lipinski definition) is 6. The van der Waals surface area contributed by atoms with Gasteiger partial charge in [-0.2, -0.15) is 0 Å². The Bertz CT molecular complexity index is 847. The van der Waals surface area contributed by atoms with Crippen LogP contribution in [0.3, 0.4) is 0 Å². The smallest absolute Gasteiger partial charge is 0.306 e. The Morgan fingerprint density at radius 1 is 1.09 bits per heavy atom. The van der Waals surface area contributed by atoms with Crippen LogP contribution in [0.4, 0.5) is 0 Å². The van der Waals surface area contributed by atoms with Crippen molar-refractivity contribution in [2.24, 2.45) is 22.5 Å². The van der Waals surface area contributed by atoms with Crippen molar-refractivity contribution in [2.75, 3.05) is 5.75 Å². The van der Waals surface area contributed by atoms with Crippen molar-refractivity contribution in [1.82, 2.24) is 4.31 Å². The molecular formula is C25H44N2O5S. The molecule has 3 rings (SSSR count). The number of nitrogens with zero attached hydrogens (tertiary/aromatic N) is 1. The maximum absolute atomic E-state index is 13.1. The Morgan fingerprint density at radius 3 is 2.30 bits per heavy atom. The lowest BCUT2D eigenvalue weighted by molar-refractivity contribution is -0.154. The van der Waals surface area contributed by atoms with Gasteiger partial charge in [0.25, 0.3) is 5.91 Å². The highest BCUT2D eigenvalue weighted by molar-refractivity contribution is 7.90. The quantitative estimate of drug-likeness (QED) is 0.369. The highest BCUT2D eigenvalue weighted by Crippen LogP contribution is 2.70. The fourth-order valence-corrected chi connectivity index (χ4v) is 9.18. The van der Waals surface area contributed by atoms with Crippen molar-refractivity contribution >= 4 is 21.9 Å². The van der Waals surface area contributed by atoms with Crippen LogP contribution in [-0.2, 0) is 24.3 Å². The van der Waals surface area contributed by atoms with Gasteiger partial charge in [-0.15, -0.1) is 0 Å². The van der Waals surface area contributed by atoms with Crippen molar-refractivity contribution in [1.29, 1.82) is 0 Å². The normalized spacial score (nSPS) is 30.3. The van der Waals surface area contributed by atoms with Crippen molar-refractivity contribution < 1.29 is 22.7 Å². The van der Waals surface area contributed by atoms with Crippen LogP contribution >= 0.6 is 0 Å². The summed E-state index contributed by atoms with van der Waals surface area (Å²) >= 11 is 0. The molecule has 2 N–H and O–H groups in total. The average molecular weight is 485 g/mol. The van der Waals surface area contributed by atoms with E-state index in [-0.39, 0.29) is 28.6 Å². The van der Waals surface area contributed by atoms with Gasteiger partial charge in [-0.05, 0) is 64.2 Å². The van der Waals surface area contributed by atoms with E-state index in [0.29, 0.717) is 18.8 Å². The number of hydrogen-bond donors (Lipinski definition) is 1. The summed E-state index contributed by atoms with van der Waals surface area (Å²) in [5, 5.41) is 0. The number of unbranched alkanes of at least 4 members (excludes halogenated alkanes) is 5. The summed E-state index contributed by atoms with van der Waals surface area (Å²) in [5.41, 5.74) is 5.42. The van der Waals surface area contributed by atoms with E-state index in [2.05, 4.69) is 13.8 Å². The van der Waals surface area contributed by atoms with Crippen molar-refractivity contribution in [3.63, 3.8) is 0 Å². The van der Waals surface area contributed by atoms with Crippen molar-refractivity contribution in [3.05, 3.63) is 0 Å². The Labute approximate surface area is 200 Å². The molecule has 8 heteroatoms. The molecule has 3 aliphatic rings. The van der Waals surface area contributed by atoms with Crippen LogP contribution in [0, 0.1) is 16.7 Å². The Morgan fingerprint density at radius 2 is 1.70 bits per heavy atom. The molecule has 1 spiro atoms. The zero-order valence-corrected chi connectivity index (χ0v) is 22.0. The number of nitrogens with two attached hydrogens (primary N) is 1. The summed E-state index contributed by atoms with van der Waals surface area (Å²) in [5.74, 6) is 0.0255. The summed E-state index contributed by atoms with van der Waals surface area (Å²) < 4.78 is 32.5. The number of sulfonamides is 1. The van der Waals surface area contributed by atoms with E-state index < -0.39 is 27.6 Å².